The Morgan fingerprint density at radius 1 is 1.28 bits per heavy atom. The third kappa shape index (κ3) is 2.65. The Bertz CT molecular complexity index is 572. The van der Waals surface area contributed by atoms with Gasteiger partial charge in [0.1, 0.15) is 0 Å². The van der Waals surface area contributed by atoms with E-state index in [2.05, 4.69) is 34.6 Å². The van der Waals surface area contributed by atoms with Gasteiger partial charge in [-0.05, 0) is 25.1 Å². The highest BCUT2D eigenvalue weighted by atomic mass is 16.1. The van der Waals surface area contributed by atoms with Gasteiger partial charge in [0.2, 0.25) is 0 Å². The number of hydrogen-bond acceptors (Lipinski definition) is 3. The van der Waals surface area contributed by atoms with Crippen LogP contribution in [0, 0.1) is 0 Å². The number of aryl methyl sites for hydroxylation is 1. The molecule has 0 saturated heterocycles. The zero-order valence-electron chi connectivity index (χ0n) is 10.7. The summed E-state index contributed by atoms with van der Waals surface area (Å²) in [6.45, 7) is 2.66. The maximum absolute atomic E-state index is 11.5. The molecule has 94 valence electrons. The molecule has 0 atom stereocenters. The normalized spacial score (nSPS) is 10.6. The summed E-state index contributed by atoms with van der Waals surface area (Å²) >= 11 is 0. The van der Waals surface area contributed by atoms with Crippen LogP contribution in [0.15, 0.2) is 35.1 Å². The van der Waals surface area contributed by atoms with E-state index in [1.165, 1.54) is 5.56 Å². The first-order valence-corrected chi connectivity index (χ1v) is 6.07. The Morgan fingerprint density at radius 3 is 2.61 bits per heavy atom. The van der Waals surface area contributed by atoms with Crippen molar-refractivity contribution < 1.29 is 0 Å². The molecule has 0 amide bonds. The number of H-pyrrole nitrogens is 1. The molecule has 0 bridgehead atoms. The van der Waals surface area contributed by atoms with Crippen LogP contribution in [0.1, 0.15) is 18.1 Å². The van der Waals surface area contributed by atoms with Crippen LogP contribution in [0.4, 0.5) is 0 Å². The van der Waals surface area contributed by atoms with E-state index in [0.717, 1.165) is 17.7 Å². The summed E-state index contributed by atoms with van der Waals surface area (Å²) in [6, 6.07) is 10.1. The van der Waals surface area contributed by atoms with Gasteiger partial charge in [-0.3, -0.25) is 4.79 Å². The summed E-state index contributed by atoms with van der Waals surface area (Å²) in [7, 11) is 1.82. The molecule has 2 aromatic rings. The third-order valence-corrected chi connectivity index (χ3v) is 2.91. The minimum atomic E-state index is -0.140. The number of nitrogens with zero attached hydrogens (tertiary/aromatic N) is 1. The standard InChI is InChI=1S/C14H17N3O/c1-3-10-4-6-11(7-5-10)13-8-12(9-15-2)14(18)17-16-13/h4-8,15H,3,9H2,1-2H3,(H,17,18). The highest BCUT2D eigenvalue weighted by Crippen LogP contribution is 2.17. The van der Waals surface area contributed by atoms with E-state index in [4.69, 9.17) is 0 Å². The summed E-state index contributed by atoms with van der Waals surface area (Å²) < 4.78 is 0. The van der Waals surface area contributed by atoms with Crippen molar-refractivity contribution in [1.29, 1.82) is 0 Å². The molecule has 2 rings (SSSR count). The van der Waals surface area contributed by atoms with Gasteiger partial charge in [0, 0.05) is 17.7 Å². The van der Waals surface area contributed by atoms with Gasteiger partial charge in [0.25, 0.3) is 5.56 Å². The first-order chi connectivity index (χ1) is 8.74. The maximum Gasteiger partial charge on any atom is 0.268 e. The Labute approximate surface area is 106 Å². The van der Waals surface area contributed by atoms with Crippen LogP contribution >= 0.6 is 0 Å². The predicted octanol–water partition coefficient (Wildman–Crippen LogP) is 1.72. The molecule has 0 radical (unpaired) electrons. The van der Waals surface area contributed by atoms with Crippen LogP contribution in [0.2, 0.25) is 0 Å². The fraction of sp³-hybridized carbons (Fsp3) is 0.286. The van der Waals surface area contributed by atoms with Gasteiger partial charge < -0.3 is 5.32 Å². The average Bonchev–Trinajstić information content (AvgIpc) is 2.42. The van der Waals surface area contributed by atoms with Crippen LogP contribution in [0.3, 0.4) is 0 Å². The third-order valence-electron chi connectivity index (χ3n) is 2.91. The van der Waals surface area contributed by atoms with Gasteiger partial charge >= 0.3 is 0 Å². The van der Waals surface area contributed by atoms with Crippen molar-refractivity contribution >= 4 is 0 Å². The minimum Gasteiger partial charge on any atom is -0.315 e. The van der Waals surface area contributed by atoms with Crippen molar-refractivity contribution in [3.8, 4) is 11.3 Å². The van der Waals surface area contributed by atoms with E-state index in [9.17, 15) is 4.79 Å². The van der Waals surface area contributed by atoms with Crippen molar-refractivity contribution in [1.82, 2.24) is 15.5 Å². The average molecular weight is 243 g/mol. The number of nitrogens with one attached hydrogen (secondary N) is 2. The van der Waals surface area contributed by atoms with Gasteiger partial charge in [-0.25, -0.2) is 5.10 Å². The molecule has 0 unspecified atom stereocenters. The number of aromatic nitrogens is 2. The van der Waals surface area contributed by atoms with Gasteiger partial charge in [-0.2, -0.15) is 5.10 Å². The molecule has 0 spiro atoms. The highest BCUT2D eigenvalue weighted by Gasteiger charge is 2.04. The fourth-order valence-corrected chi connectivity index (χ4v) is 1.83. The van der Waals surface area contributed by atoms with Gasteiger partial charge in [0.15, 0.2) is 0 Å². The molecule has 2 N–H and O–H groups in total. The van der Waals surface area contributed by atoms with Crippen molar-refractivity contribution in [3.05, 3.63) is 51.8 Å². The molecule has 4 heteroatoms. The van der Waals surface area contributed by atoms with Crippen molar-refractivity contribution in [2.24, 2.45) is 0 Å². The first kappa shape index (κ1) is 12.5. The molecular formula is C14H17N3O. The first-order valence-electron chi connectivity index (χ1n) is 6.07. The Kier molecular flexibility index (Phi) is 3.89. The van der Waals surface area contributed by atoms with Gasteiger partial charge in [-0.15, -0.1) is 0 Å². The molecule has 0 fully saturated rings. The van der Waals surface area contributed by atoms with E-state index in [1.807, 2.05) is 25.2 Å². The molecule has 1 heterocycles. The minimum absolute atomic E-state index is 0.140. The molecule has 4 nitrogen and oxygen atoms in total. The Balaban J connectivity index is 2.37. The molecule has 0 aliphatic heterocycles. The molecular weight excluding hydrogens is 226 g/mol. The summed E-state index contributed by atoms with van der Waals surface area (Å²) in [6.07, 6.45) is 1.02. The monoisotopic (exact) mass is 243 g/mol. The van der Waals surface area contributed by atoms with Crippen LogP contribution in [0.25, 0.3) is 11.3 Å². The largest absolute Gasteiger partial charge is 0.315 e. The zero-order chi connectivity index (χ0) is 13.0. The second-order valence-corrected chi connectivity index (χ2v) is 4.19. The summed E-state index contributed by atoms with van der Waals surface area (Å²) in [5.41, 5.74) is 3.65. The fourth-order valence-electron chi connectivity index (χ4n) is 1.83. The van der Waals surface area contributed by atoms with Crippen molar-refractivity contribution in [3.63, 3.8) is 0 Å². The summed E-state index contributed by atoms with van der Waals surface area (Å²) in [4.78, 5) is 11.5. The molecule has 1 aromatic heterocycles. The van der Waals surface area contributed by atoms with Crippen molar-refractivity contribution in [2.75, 3.05) is 7.05 Å². The van der Waals surface area contributed by atoms with Crippen LogP contribution in [0.5, 0.6) is 0 Å². The van der Waals surface area contributed by atoms with E-state index < -0.39 is 0 Å². The predicted molar refractivity (Wildman–Crippen MR) is 72.4 cm³/mol. The van der Waals surface area contributed by atoms with Crippen LogP contribution in [-0.4, -0.2) is 17.2 Å². The molecule has 0 aliphatic carbocycles. The van der Waals surface area contributed by atoms with Crippen molar-refractivity contribution in [2.45, 2.75) is 19.9 Å². The number of hydrogen-bond donors (Lipinski definition) is 2. The molecule has 18 heavy (non-hydrogen) atoms. The lowest BCUT2D eigenvalue weighted by atomic mass is 10.1. The number of aromatic amines is 1. The highest BCUT2D eigenvalue weighted by molar-refractivity contribution is 5.59. The topological polar surface area (TPSA) is 57.8 Å². The smallest absolute Gasteiger partial charge is 0.268 e. The van der Waals surface area contributed by atoms with E-state index in [1.54, 1.807) is 0 Å². The summed E-state index contributed by atoms with van der Waals surface area (Å²) in [5.74, 6) is 0. The van der Waals surface area contributed by atoms with E-state index >= 15 is 0 Å². The lowest BCUT2D eigenvalue weighted by molar-refractivity contribution is 0.794. The second kappa shape index (κ2) is 5.60. The molecule has 1 aromatic carbocycles. The van der Waals surface area contributed by atoms with Gasteiger partial charge in [-0.1, -0.05) is 31.2 Å². The van der Waals surface area contributed by atoms with Crippen LogP contribution < -0.4 is 10.9 Å². The maximum atomic E-state index is 11.5. The number of benzene rings is 1. The quantitative estimate of drug-likeness (QED) is 0.859. The number of rotatable bonds is 4. The summed E-state index contributed by atoms with van der Waals surface area (Å²) in [5, 5.41) is 9.59. The molecule has 0 saturated carbocycles. The Morgan fingerprint density at radius 2 is 2.00 bits per heavy atom. The van der Waals surface area contributed by atoms with Gasteiger partial charge in [0.05, 0.1) is 5.69 Å². The molecule has 0 aliphatic rings. The van der Waals surface area contributed by atoms with E-state index in [-0.39, 0.29) is 5.56 Å². The zero-order valence-corrected chi connectivity index (χ0v) is 10.7. The SMILES string of the molecule is CCc1ccc(-c2cc(CNC)c(=O)[nH]n2)cc1. The Hall–Kier alpha value is -1.94. The second-order valence-electron chi connectivity index (χ2n) is 4.19. The van der Waals surface area contributed by atoms with Crippen LogP contribution in [-0.2, 0) is 13.0 Å². The van der Waals surface area contributed by atoms with E-state index in [0.29, 0.717) is 12.1 Å². The lowest BCUT2D eigenvalue weighted by Gasteiger charge is -2.04. The lowest BCUT2D eigenvalue weighted by Crippen LogP contribution is -2.19.